The molecule has 2 fully saturated rings. The molecule has 318 valence electrons. The van der Waals surface area contributed by atoms with Crippen LogP contribution in [0.5, 0.6) is 11.5 Å². The highest BCUT2D eigenvalue weighted by Gasteiger charge is 2.40. The molecule has 14 nitrogen and oxygen atoms in total. The van der Waals surface area contributed by atoms with E-state index in [0.717, 1.165) is 87.7 Å². The van der Waals surface area contributed by atoms with Gasteiger partial charge in [0.15, 0.2) is 0 Å². The van der Waals surface area contributed by atoms with Gasteiger partial charge in [-0.25, -0.2) is 19.4 Å². The van der Waals surface area contributed by atoms with E-state index in [1.54, 1.807) is 24.3 Å². The van der Waals surface area contributed by atoms with Gasteiger partial charge < -0.3 is 40.4 Å². The molecule has 0 unspecified atom stereocenters. The lowest BCUT2D eigenvalue weighted by atomic mass is 9.72. The Morgan fingerprint density at radius 3 is 1.12 bits per heavy atom. The third kappa shape index (κ3) is 22.0. The molecule has 2 aromatic rings. The van der Waals surface area contributed by atoms with Crippen LogP contribution in [0, 0.1) is 0 Å². The molecule has 8 N–H and O–H groups in total. The predicted octanol–water partition coefficient (Wildman–Crippen LogP) is 6.73. The Labute approximate surface area is 332 Å². The van der Waals surface area contributed by atoms with Gasteiger partial charge in [-0.2, -0.15) is 0 Å². The van der Waals surface area contributed by atoms with E-state index < -0.39 is 23.1 Å². The van der Waals surface area contributed by atoms with Gasteiger partial charge in [-0.05, 0) is 101 Å². The van der Waals surface area contributed by atoms with Crippen LogP contribution in [0.15, 0.2) is 72.8 Å². The average Bonchev–Trinajstić information content (AvgIpc) is 3.16. The fourth-order valence-corrected chi connectivity index (χ4v) is 6.72. The first-order valence-electron chi connectivity index (χ1n) is 19.2. The summed E-state index contributed by atoms with van der Waals surface area (Å²) in [7, 11) is 8.17. The number of hydrogen-bond acceptors (Lipinski definition) is 12. The summed E-state index contributed by atoms with van der Waals surface area (Å²) < 4.78 is 0. The van der Waals surface area contributed by atoms with Crippen LogP contribution in [0.3, 0.4) is 0 Å². The second-order valence-corrected chi connectivity index (χ2v) is 14.2. The van der Waals surface area contributed by atoms with E-state index in [2.05, 4.69) is 19.6 Å². The number of rotatable bonds is 14. The van der Waals surface area contributed by atoms with Gasteiger partial charge >= 0.3 is 11.9 Å². The smallest absolute Gasteiger partial charge is 0.328 e. The second-order valence-electron chi connectivity index (χ2n) is 14.2. The van der Waals surface area contributed by atoms with Gasteiger partial charge in [-0.15, -0.1) is 0 Å². The summed E-state index contributed by atoms with van der Waals surface area (Å²) in [4.78, 5) is 30.6. The molecule has 2 aromatic carbocycles. The van der Waals surface area contributed by atoms with Crippen molar-refractivity contribution in [1.29, 1.82) is 0 Å². The quantitative estimate of drug-likeness (QED) is 0.0565. The minimum absolute atomic E-state index is 0.0910. The summed E-state index contributed by atoms with van der Waals surface area (Å²) in [5, 5.41) is 72.0. The van der Waals surface area contributed by atoms with Crippen LogP contribution in [0.25, 0.3) is 0 Å². The van der Waals surface area contributed by atoms with Gasteiger partial charge in [0.1, 0.15) is 24.7 Å². The molecular formula is C42H68N2O12. The van der Waals surface area contributed by atoms with Crippen molar-refractivity contribution in [2.75, 3.05) is 54.5 Å². The molecule has 0 radical (unpaired) electrons. The Hall–Kier alpha value is -3.86. The van der Waals surface area contributed by atoms with Crippen molar-refractivity contribution in [3.05, 3.63) is 84.0 Å². The number of nitrogens with zero attached hydrogens (tertiary/aromatic N) is 2. The van der Waals surface area contributed by atoms with Crippen LogP contribution in [0.4, 0.5) is 0 Å². The molecule has 0 amide bonds. The van der Waals surface area contributed by atoms with Gasteiger partial charge in [0.2, 0.25) is 0 Å². The first-order valence-corrected chi connectivity index (χ1v) is 19.2. The van der Waals surface area contributed by atoms with E-state index in [1.165, 1.54) is 25.0 Å². The highest BCUT2D eigenvalue weighted by Crippen LogP contribution is 2.41. The monoisotopic (exact) mass is 792 g/mol. The maximum absolute atomic E-state index is 11.0. The summed E-state index contributed by atoms with van der Waals surface area (Å²) in [6.07, 6.45) is 14.6. The molecule has 0 aliphatic heterocycles. The summed E-state index contributed by atoms with van der Waals surface area (Å²) in [6, 6.07) is 14.6. The molecule has 0 bridgehead atoms. The first-order chi connectivity index (χ1) is 26.6. The first kappa shape index (κ1) is 52.1. The van der Waals surface area contributed by atoms with E-state index in [1.807, 2.05) is 66.3 Å². The van der Waals surface area contributed by atoms with Gasteiger partial charge in [0, 0.05) is 37.1 Å². The molecule has 2 atom stereocenters. The van der Waals surface area contributed by atoms with Crippen molar-refractivity contribution in [1.82, 2.24) is 9.80 Å². The fourth-order valence-electron chi connectivity index (χ4n) is 6.72. The summed E-state index contributed by atoms with van der Waals surface area (Å²) in [5.74, 6) is -1.32. The lowest BCUT2D eigenvalue weighted by molar-refractivity contribution is -0.231. The van der Waals surface area contributed by atoms with E-state index in [-0.39, 0.29) is 36.5 Å². The number of aliphatic carboxylic acids is 2. The normalized spacial score (nSPS) is 16.9. The van der Waals surface area contributed by atoms with Crippen molar-refractivity contribution in [3.8, 4) is 11.5 Å². The Morgan fingerprint density at radius 2 is 0.893 bits per heavy atom. The molecule has 0 saturated heterocycles. The second kappa shape index (κ2) is 29.4. The molecule has 56 heavy (non-hydrogen) atoms. The third-order valence-corrected chi connectivity index (χ3v) is 9.28. The largest absolute Gasteiger partial charge is 0.508 e. The Balaban J connectivity index is 0.000000765. The average molecular weight is 793 g/mol. The van der Waals surface area contributed by atoms with Gasteiger partial charge in [-0.3, -0.25) is 10.5 Å². The maximum atomic E-state index is 11.0. The zero-order chi connectivity index (χ0) is 42.6. The number of phenols is 2. The zero-order valence-electron chi connectivity index (χ0n) is 34.1. The summed E-state index contributed by atoms with van der Waals surface area (Å²) in [5.41, 5.74) is 1.05. The number of carboxylic acid groups (broad SMARTS) is 2. The number of likely N-dealkylation sites (N-methyl/N-ethyl adjacent to an activating group) is 2. The van der Waals surface area contributed by atoms with Gasteiger partial charge in [0.25, 0.3) is 0 Å². The minimum Gasteiger partial charge on any atom is -0.508 e. The maximum Gasteiger partial charge on any atom is 0.328 e. The van der Waals surface area contributed by atoms with E-state index in [0.29, 0.717) is 0 Å². The predicted molar refractivity (Wildman–Crippen MR) is 217 cm³/mol. The molecule has 0 aromatic heterocycles. The summed E-state index contributed by atoms with van der Waals surface area (Å²) in [6.45, 7) is 5.49. The van der Waals surface area contributed by atoms with Crippen molar-refractivity contribution < 1.29 is 60.5 Å². The van der Waals surface area contributed by atoms with Crippen molar-refractivity contribution >= 4 is 11.9 Å². The number of phenolic OH excluding ortho intramolecular Hbond substituents is 2. The van der Waals surface area contributed by atoms with Crippen LogP contribution >= 0.6 is 0 Å². The molecule has 14 heteroatoms. The number of benzene rings is 2. The van der Waals surface area contributed by atoms with Crippen molar-refractivity contribution in [2.24, 2.45) is 0 Å². The Morgan fingerprint density at radius 1 is 0.607 bits per heavy atom. The molecule has 0 heterocycles. The van der Waals surface area contributed by atoms with Crippen LogP contribution < -0.4 is 0 Å². The van der Waals surface area contributed by atoms with Crippen molar-refractivity contribution in [3.63, 3.8) is 0 Å². The third-order valence-electron chi connectivity index (χ3n) is 9.28. The van der Waals surface area contributed by atoms with Gasteiger partial charge in [0.05, 0.1) is 11.2 Å². The zero-order valence-corrected chi connectivity index (χ0v) is 34.1. The number of aliphatic hydroxyl groups is 2. The molecule has 2 saturated carbocycles. The highest BCUT2D eigenvalue weighted by atomic mass is 17.1. The summed E-state index contributed by atoms with van der Waals surface area (Å²) >= 11 is 0. The van der Waals surface area contributed by atoms with Crippen LogP contribution in [-0.2, 0) is 19.4 Å². The fraction of sp³-hybridized carbons (Fsp3) is 0.571. The number of carboxylic acids is 2. The molecule has 0 spiro atoms. The van der Waals surface area contributed by atoms with E-state index in [4.69, 9.17) is 20.7 Å². The molecule has 4 rings (SSSR count). The minimum atomic E-state index is -1.05. The SMILES string of the molecule is CC.CN(C)C[C@@H](c1ccc(O)cc1)C1(O)CCCCC1.CN(C)C[C@@H](c1ccc(O)cc1)C1(O)CCCCC1.O=C(O)/C=C/COO.O=C(O)/C=C/COO. The van der Waals surface area contributed by atoms with Crippen molar-refractivity contribution in [2.45, 2.75) is 101 Å². The molecule has 2 aliphatic rings. The Kier molecular flexibility index (Phi) is 27.4. The number of carbonyl (C=O) groups is 2. The lowest BCUT2D eigenvalue weighted by Crippen LogP contribution is -2.42. The van der Waals surface area contributed by atoms with E-state index >= 15 is 0 Å². The van der Waals surface area contributed by atoms with Crippen LogP contribution in [0.2, 0.25) is 0 Å². The number of hydrogen-bond donors (Lipinski definition) is 8. The topological polar surface area (TPSA) is 221 Å². The number of aromatic hydroxyl groups is 2. The Bertz CT molecular complexity index is 1260. The standard InChI is InChI=1S/2C16H25NO2.2C4H6O4.C2H6/c2*1-17(2)12-15(13-6-8-14(18)9-7-13)16(19)10-4-3-5-11-16;2*5-4(6)2-1-3-8-7;1-2/h2*6-9,15,18-19H,3-5,10-12H2,1-2H3;2*1-2,7H,3H2,(H,5,6);1-2H3/b;;2*2-1+;/t2*15-;;;/m00.../s1. The van der Waals surface area contributed by atoms with Crippen LogP contribution in [0.1, 0.15) is 101 Å². The molecule has 2 aliphatic carbocycles. The lowest BCUT2D eigenvalue weighted by Gasteiger charge is -2.40. The van der Waals surface area contributed by atoms with Gasteiger partial charge in [-0.1, -0.05) is 76.6 Å². The van der Waals surface area contributed by atoms with E-state index in [9.17, 15) is 30.0 Å². The van der Waals surface area contributed by atoms with Crippen LogP contribution in [-0.4, -0.2) is 129 Å². The molecular weight excluding hydrogens is 724 g/mol. The highest BCUT2D eigenvalue weighted by molar-refractivity contribution is 5.79.